The molecule has 8 heteroatoms. The minimum atomic E-state index is -4.50. The molecule has 3 rings (SSSR count). The van der Waals surface area contributed by atoms with E-state index in [9.17, 15) is 13.2 Å². The number of anilines is 1. The van der Waals surface area contributed by atoms with Gasteiger partial charge < -0.3 is 5.73 Å². The third kappa shape index (κ3) is 2.57. The Labute approximate surface area is 118 Å². The van der Waals surface area contributed by atoms with Crippen molar-refractivity contribution in [2.24, 2.45) is 0 Å². The maximum Gasteiger partial charge on any atom is 0.418 e. The van der Waals surface area contributed by atoms with Gasteiger partial charge in [-0.15, -0.1) is 5.10 Å². The van der Waals surface area contributed by atoms with Crippen molar-refractivity contribution in [3.63, 3.8) is 0 Å². The van der Waals surface area contributed by atoms with Gasteiger partial charge in [0.2, 0.25) is 0 Å². The Balaban J connectivity index is 2.03. The highest BCUT2D eigenvalue weighted by Gasteiger charge is 2.34. The highest BCUT2D eigenvalue weighted by atomic mass is 19.4. The van der Waals surface area contributed by atoms with E-state index in [0.29, 0.717) is 5.82 Å². The zero-order chi connectivity index (χ0) is 15.0. The molecule has 0 spiro atoms. The maximum absolute atomic E-state index is 12.9. The van der Waals surface area contributed by atoms with Crippen LogP contribution in [-0.4, -0.2) is 20.2 Å². The van der Waals surface area contributed by atoms with Crippen LogP contribution < -0.4 is 5.73 Å². The summed E-state index contributed by atoms with van der Waals surface area (Å²) >= 11 is 0. The average Bonchev–Trinajstić information content (AvgIpc) is 3.08. The molecule has 1 saturated carbocycles. The van der Waals surface area contributed by atoms with Gasteiger partial charge in [0, 0.05) is 11.6 Å². The van der Waals surface area contributed by atoms with Gasteiger partial charge in [-0.1, -0.05) is 12.8 Å². The molecule has 2 aromatic rings. The molecule has 0 radical (unpaired) electrons. The maximum atomic E-state index is 12.9. The summed E-state index contributed by atoms with van der Waals surface area (Å²) < 4.78 is 40.2. The average molecular weight is 297 g/mol. The summed E-state index contributed by atoms with van der Waals surface area (Å²) in [6.07, 6.45) is -0.398. The number of nitrogen functional groups attached to an aromatic ring is 1. The topological polar surface area (TPSA) is 69.6 Å². The lowest BCUT2D eigenvalue weighted by Gasteiger charge is -2.13. The summed E-state index contributed by atoms with van der Waals surface area (Å²) in [5.41, 5.74) is 4.52. The molecule has 0 saturated heterocycles. The molecule has 1 aromatic carbocycles. The summed E-state index contributed by atoms with van der Waals surface area (Å²) in [5, 5.41) is 11.4. The predicted octanol–water partition coefficient (Wildman–Crippen LogP) is 2.92. The number of tetrazole rings is 1. The second kappa shape index (κ2) is 5.01. The smallest absolute Gasteiger partial charge is 0.398 e. The number of hydrogen-bond donors (Lipinski definition) is 1. The molecule has 1 aliphatic rings. The molecular formula is C13H14F3N5. The van der Waals surface area contributed by atoms with Crippen LogP contribution in [0.2, 0.25) is 0 Å². The van der Waals surface area contributed by atoms with Crippen LogP contribution >= 0.6 is 0 Å². The number of rotatable bonds is 2. The van der Waals surface area contributed by atoms with Gasteiger partial charge in [0.05, 0.1) is 11.3 Å². The molecule has 1 aliphatic carbocycles. The summed E-state index contributed by atoms with van der Waals surface area (Å²) in [6, 6.07) is 3.72. The fraction of sp³-hybridized carbons (Fsp3) is 0.462. The Bertz CT molecular complexity index is 643. The van der Waals surface area contributed by atoms with Crippen LogP contribution in [0.5, 0.6) is 0 Å². The number of aromatic nitrogens is 4. The van der Waals surface area contributed by atoms with Crippen molar-refractivity contribution in [3.8, 4) is 5.69 Å². The van der Waals surface area contributed by atoms with E-state index in [2.05, 4.69) is 15.5 Å². The Kier molecular flexibility index (Phi) is 3.30. The van der Waals surface area contributed by atoms with E-state index in [1.807, 2.05) is 0 Å². The molecule has 0 amide bonds. The van der Waals surface area contributed by atoms with Crippen LogP contribution in [0.25, 0.3) is 5.69 Å². The fourth-order valence-electron chi connectivity index (χ4n) is 2.74. The third-order valence-corrected chi connectivity index (χ3v) is 3.80. The van der Waals surface area contributed by atoms with Gasteiger partial charge >= 0.3 is 6.18 Å². The molecule has 0 unspecified atom stereocenters. The zero-order valence-electron chi connectivity index (χ0n) is 11.1. The third-order valence-electron chi connectivity index (χ3n) is 3.80. The first-order valence-electron chi connectivity index (χ1n) is 6.72. The second-order valence-corrected chi connectivity index (χ2v) is 5.20. The summed E-state index contributed by atoms with van der Waals surface area (Å²) in [6.45, 7) is 0. The molecule has 112 valence electrons. The van der Waals surface area contributed by atoms with Gasteiger partial charge in [0.1, 0.15) is 0 Å². The first-order chi connectivity index (χ1) is 9.97. The van der Waals surface area contributed by atoms with Gasteiger partial charge in [-0.25, -0.2) is 0 Å². The van der Waals surface area contributed by atoms with E-state index in [1.54, 1.807) is 0 Å². The van der Waals surface area contributed by atoms with Gasteiger partial charge in [-0.05, 0) is 41.5 Å². The van der Waals surface area contributed by atoms with E-state index in [-0.39, 0.29) is 17.3 Å². The first-order valence-corrected chi connectivity index (χ1v) is 6.72. The Morgan fingerprint density at radius 3 is 2.57 bits per heavy atom. The van der Waals surface area contributed by atoms with Crippen molar-refractivity contribution in [1.82, 2.24) is 20.2 Å². The molecule has 1 heterocycles. The lowest BCUT2D eigenvalue weighted by Crippen LogP contribution is -2.12. The van der Waals surface area contributed by atoms with Crippen molar-refractivity contribution < 1.29 is 13.2 Å². The largest absolute Gasteiger partial charge is 0.418 e. The molecule has 5 nitrogen and oxygen atoms in total. The Morgan fingerprint density at radius 1 is 1.19 bits per heavy atom. The minimum Gasteiger partial charge on any atom is -0.398 e. The van der Waals surface area contributed by atoms with Crippen molar-refractivity contribution >= 4 is 5.69 Å². The molecule has 0 atom stereocenters. The van der Waals surface area contributed by atoms with Gasteiger partial charge in [-0.2, -0.15) is 17.9 Å². The number of hydrogen-bond acceptors (Lipinski definition) is 4. The van der Waals surface area contributed by atoms with Crippen LogP contribution in [0, 0.1) is 0 Å². The van der Waals surface area contributed by atoms with Crippen molar-refractivity contribution in [2.75, 3.05) is 5.73 Å². The number of halogens is 3. The van der Waals surface area contributed by atoms with Gasteiger partial charge in [0.15, 0.2) is 5.82 Å². The summed E-state index contributed by atoms with van der Waals surface area (Å²) in [7, 11) is 0. The minimum absolute atomic E-state index is 0.201. The highest BCUT2D eigenvalue weighted by molar-refractivity contribution is 5.54. The van der Waals surface area contributed by atoms with E-state index < -0.39 is 11.7 Å². The van der Waals surface area contributed by atoms with Crippen LogP contribution in [0.3, 0.4) is 0 Å². The lowest BCUT2D eigenvalue weighted by atomic mass is 10.1. The van der Waals surface area contributed by atoms with Gasteiger partial charge in [-0.3, -0.25) is 0 Å². The fourth-order valence-corrected chi connectivity index (χ4v) is 2.74. The highest BCUT2D eigenvalue weighted by Crippen LogP contribution is 2.36. The Morgan fingerprint density at radius 2 is 1.90 bits per heavy atom. The van der Waals surface area contributed by atoms with Crippen molar-refractivity contribution in [1.29, 1.82) is 0 Å². The van der Waals surface area contributed by atoms with Crippen molar-refractivity contribution in [2.45, 2.75) is 37.8 Å². The van der Waals surface area contributed by atoms with E-state index >= 15 is 0 Å². The quantitative estimate of drug-likeness (QED) is 0.865. The van der Waals surface area contributed by atoms with Crippen LogP contribution in [-0.2, 0) is 6.18 Å². The normalized spacial score (nSPS) is 16.5. The standard InChI is InChI=1S/C13H14F3N5/c14-13(15,16)10-7-9(5-6-11(10)17)21-12(18-19-20-21)8-3-1-2-4-8/h5-8H,1-4,17H2. The number of alkyl halides is 3. The van der Waals surface area contributed by atoms with E-state index in [1.165, 1.54) is 16.8 Å². The van der Waals surface area contributed by atoms with Gasteiger partial charge in [0.25, 0.3) is 0 Å². The SMILES string of the molecule is Nc1ccc(-n2nnnc2C2CCCC2)cc1C(F)(F)F. The van der Waals surface area contributed by atoms with E-state index in [4.69, 9.17) is 5.73 Å². The first kappa shape index (κ1) is 13.8. The second-order valence-electron chi connectivity index (χ2n) is 5.20. The predicted molar refractivity (Wildman–Crippen MR) is 69.8 cm³/mol. The Hall–Kier alpha value is -2.12. The molecule has 1 aromatic heterocycles. The number of nitrogens with zero attached hydrogens (tertiary/aromatic N) is 4. The number of benzene rings is 1. The lowest BCUT2D eigenvalue weighted by molar-refractivity contribution is -0.136. The molecule has 2 N–H and O–H groups in total. The van der Waals surface area contributed by atoms with Crippen LogP contribution in [0.1, 0.15) is 43.0 Å². The molecule has 21 heavy (non-hydrogen) atoms. The molecule has 1 fully saturated rings. The summed E-state index contributed by atoms with van der Waals surface area (Å²) in [4.78, 5) is 0. The molecule has 0 bridgehead atoms. The van der Waals surface area contributed by atoms with Crippen molar-refractivity contribution in [3.05, 3.63) is 29.6 Å². The number of nitrogens with two attached hydrogens (primary N) is 1. The monoisotopic (exact) mass is 297 g/mol. The zero-order valence-corrected chi connectivity index (χ0v) is 11.1. The summed E-state index contributed by atoms with van der Waals surface area (Å²) in [5.74, 6) is 0.817. The molecule has 0 aliphatic heterocycles. The molecular weight excluding hydrogens is 283 g/mol. The van der Waals surface area contributed by atoms with Crippen LogP contribution in [0.4, 0.5) is 18.9 Å². The van der Waals surface area contributed by atoms with E-state index in [0.717, 1.165) is 31.7 Å². The van der Waals surface area contributed by atoms with Crippen LogP contribution in [0.15, 0.2) is 18.2 Å².